The number of ether oxygens (including phenoxy) is 1. The van der Waals surface area contributed by atoms with Crippen LogP contribution in [0.3, 0.4) is 0 Å². The second kappa shape index (κ2) is 7.84. The van der Waals surface area contributed by atoms with Gasteiger partial charge in [0.15, 0.2) is 5.76 Å². The van der Waals surface area contributed by atoms with Crippen molar-refractivity contribution in [3.8, 4) is 5.75 Å². The van der Waals surface area contributed by atoms with Crippen molar-refractivity contribution < 1.29 is 18.9 Å². The van der Waals surface area contributed by atoms with E-state index in [9.17, 15) is 14.9 Å². The molecular weight excluding hydrogens is 412 g/mol. The van der Waals surface area contributed by atoms with Crippen LogP contribution in [0.2, 0.25) is 0 Å². The highest BCUT2D eigenvalue weighted by Crippen LogP contribution is 2.27. The number of amides is 1. The molecule has 0 bridgehead atoms. The maximum atomic E-state index is 13.0. The van der Waals surface area contributed by atoms with Gasteiger partial charge in [-0.3, -0.25) is 14.9 Å². The molecule has 1 fully saturated rings. The molecule has 2 aromatic heterocycles. The number of methoxy groups -OCH3 is 1. The van der Waals surface area contributed by atoms with Crippen LogP contribution in [0, 0.1) is 10.1 Å². The second-order valence-electron chi connectivity index (χ2n) is 7.60. The summed E-state index contributed by atoms with van der Waals surface area (Å²) in [5.74, 6) is 0.796. The molecule has 1 saturated heterocycles. The van der Waals surface area contributed by atoms with Gasteiger partial charge < -0.3 is 19.0 Å². The zero-order valence-electron chi connectivity index (χ0n) is 17.4. The zero-order chi connectivity index (χ0) is 22.2. The highest BCUT2D eigenvalue weighted by atomic mass is 16.6. The predicted octanol–water partition coefficient (Wildman–Crippen LogP) is 3.86. The number of hydrogen-bond donors (Lipinski definition) is 0. The van der Waals surface area contributed by atoms with Crippen molar-refractivity contribution in [1.29, 1.82) is 0 Å². The highest BCUT2D eigenvalue weighted by molar-refractivity contribution is 5.98. The Morgan fingerprint density at radius 1 is 1.03 bits per heavy atom. The summed E-state index contributed by atoms with van der Waals surface area (Å²) in [6.45, 7) is 2.32. The van der Waals surface area contributed by atoms with Gasteiger partial charge in [0.2, 0.25) is 5.71 Å². The fourth-order valence-electron chi connectivity index (χ4n) is 3.95. The highest BCUT2D eigenvalue weighted by Gasteiger charge is 2.25. The average Bonchev–Trinajstić information content (AvgIpc) is 3.24. The summed E-state index contributed by atoms with van der Waals surface area (Å²) < 4.78 is 11.0. The van der Waals surface area contributed by atoms with E-state index in [0.29, 0.717) is 37.6 Å². The van der Waals surface area contributed by atoms with Gasteiger partial charge in [0.25, 0.3) is 11.6 Å². The number of nitro benzene ring substituents is 1. The number of nitrogens with zero attached hydrogens (tertiary/aromatic N) is 4. The van der Waals surface area contributed by atoms with Gasteiger partial charge in [-0.2, -0.15) is 0 Å². The van der Waals surface area contributed by atoms with E-state index >= 15 is 0 Å². The molecule has 0 atom stereocenters. The maximum absolute atomic E-state index is 13.0. The van der Waals surface area contributed by atoms with E-state index in [1.807, 2.05) is 24.3 Å². The van der Waals surface area contributed by atoms with Crippen molar-refractivity contribution in [3.63, 3.8) is 0 Å². The number of carbonyl (C=O) groups excluding carboxylic acids is 1. The van der Waals surface area contributed by atoms with E-state index in [2.05, 4.69) is 9.88 Å². The standard InChI is InChI=1S/C23H20N4O5/c1-31-19-7-2-15-12-16-13-21(32-22(16)24-20(15)14-19)23(28)26-10-8-25(9-11-26)17-3-5-18(6-4-17)27(29)30/h2-7,12-14H,8-11H2,1H3. The molecule has 1 aliphatic heterocycles. The molecular formula is C23H20N4O5. The minimum atomic E-state index is -0.415. The molecule has 162 valence electrons. The fourth-order valence-corrected chi connectivity index (χ4v) is 3.95. The molecule has 9 nitrogen and oxygen atoms in total. The van der Waals surface area contributed by atoms with Crippen LogP contribution in [0.25, 0.3) is 22.0 Å². The summed E-state index contributed by atoms with van der Waals surface area (Å²) >= 11 is 0. The topological polar surface area (TPSA) is 102 Å². The molecule has 0 aliphatic carbocycles. The number of anilines is 1. The number of fused-ring (bicyclic) bond motifs is 2. The van der Waals surface area contributed by atoms with Crippen LogP contribution in [0.5, 0.6) is 5.75 Å². The Balaban J connectivity index is 1.31. The minimum absolute atomic E-state index is 0.0622. The summed E-state index contributed by atoms with van der Waals surface area (Å²) in [5, 5.41) is 12.5. The Kier molecular flexibility index (Phi) is 4.85. The Hall–Kier alpha value is -4.14. The van der Waals surface area contributed by atoms with Crippen LogP contribution < -0.4 is 9.64 Å². The van der Waals surface area contributed by atoms with Crippen LogP contribution in [0.4, 0.5) is 11.4 Å². The lowest BCUT2D eigenvalue weighted by Crippen LogP contribution is -2.48. The third kappa shape index (κ3) is 3.58. The van der Waals surface area contributed by atoms with E-state index in [-0.39, 0.29) is 17.4 Å². The van der Waals surface area contributed by atoms with Gasteiger partial charge in [-0.15, -0.1) is 0 Å². The van der Waals surface area contributed by atoms with E-state index < -0.39 is 4.92 Å². The van der Waals surface area contributed by atoms with E-state index in [1.165, 1.54) is 12.1 Å². The molecule has 3 heterocycles. The van der Waals surface area contributed by atoms with Crippen molar-refractivity contribution in [2.45, 2.75) is 0 Å². The first kappa shape index (κ1) is 19.8. The molecule has 1 amide bonds. The number of benzene rings is 2. The molecule has 4 aromatic rings. The number of non-ortho nitro benzene ring substituents is 1. The Bertz CT molecular complexity index is 1320. The molecule has 32 heavy (non-hydrogen) atoms. The molecule has 9 heteroatoms. The summed E-state index contributed by atoms with van der Waals surface area (Å²) in [7, 11) is 1.60. The molecule has 0 N–H and O–H groups in total. The van der Waals surface area contributed by atoms with Crippen molar-refractivity contribution in [2.24, 2.45) is 0 Å². The number of rotatable bonds is 4. The summed E-state index contributed by atoms with van der Waals surface area (Å²) in [6.07, 6.45) is 0. The van der Waals surface area contributed by atoms with E-state index in [4.69, 9.17) is 9.15 Å². The normalized spacial score (nSPS) is 14.2. The van der Waals surface area contributed by atoms with Gasteiger partial charge in [-0.05, 0) is 36.4 Å². The number of carbonyl (C=O) groups is 1. The number of nitro groups is 1. The second-order valence-corrected chi connectivity index (χ2v) is 7.60. The van der Waals surface area contributed by atoms with Crippen molar-refractivity contribution in [3.05, 3.63) is 70.5 Å². The number of hydrogen-bond acceptors (Lipinski definition) is 7. The lowest BCUT2D eigenvalue weighted by atomic mass is 10.2. The third-order valence-electron chi connectivity index (χ3n) is 5.71. The van der Waals surface area contributed by atoms with E-state index in [0.717, 1.165) is 22.0 Å². The maximum Gasteiger partial charge on any atom is 0.289 e. The van der Waals surface area contributed by atoms with Crippen molar-refractivity contribution in [1.82, 2.24) is 9.88 Å². The first-order valence-corrected chi connectivity index (χ1v) is 10.2. The Morgan fingerprint density at radius 3 is 2.47 bits per heavy atom. The van der Waals surface area contributed by atoms with Gasteiger partial charge in [0.1, 0.15) is 5.75 Å². The Labute approximate surface area is 182 Å². The molecule has 5 rings (SSSR count). The van der Waals surface area contributed by atoms with Gasteiger partial charge in [0.05, 0.1) is 17.5 Å². The van der Waals surface area contributed by atoms with Gasteiger partial charge in [-0.25, -0.2) is 4.98 Å². The van der Waals surface area contributed by atoms with Gasteiger partial charge >= 0.3 is 0 Å². The fraction of sp³-hybridized carbons (Fsp3) is 0.217. The van der Waals surface area contributed by atoms with Crippen LogP contribution in [-0.4, -0.2) is 54.0 Å². The van der Waals surface area contributed by atoms with Gasteiger partial charge in [0, 0.05) is 60.8 Å². The first-order chi connectivity index (χ1) is 15.5. The van der Waals surface area contributed by atoms with Crippen LogP contribution in [0.1, 0.15) is 10.6 Å². The number of piperazine rings is 1. The molecule has 0 spiro atoms. The first-order valence-electron chi connectivity index (χ1n) is 10.2. The quantitative estimate of drug-likeness (QED) is 0.356. The summed E-state index contributed by atoms with van der Waals surface area (Å²) in [6, 6.07) is 15.8. The number of pyridine rings is 1. The van der Waals surface area contributed by atoms with Crippen molar-refractivity contribution in [2.75, 3.05) is 38.2 Å². The number of aromatic nitrogens is 1. The van der Waals surface area contributed by atoms with E-state index in [1.54, 1.807) is 30.2 Å². The lowest BCUT2D eigenvalue weighted by Gasteiger charge is -2.35. The smallest absolute Gasteiger partial charge is 0.289 e. The molecule has 0 radical (unpaired) electrons. The Morgan fingerprint density at radius 2 is 1.78 bits per heavy atom. The SMILES string of the molecule is COc1ccc2cc3cc(C(=O)N4CCN(c5ccc([N+](=O)[O-])cc5)CC4)oc3nc2c1. The average molecular weight is 432 g/mol. The van der Waals surface area contributed by atoms with Crippen LogP contribution >= 0.6 is 0 Å². The van der Waals surface area contributed by atoms with Crippen molar-refractivity contribution >= 4 is 39.3 Å². The van der Waals surface area contributed by atoms with Gasteiger partial charge in [-0.1, -0.05) is 0 Å². The lowest BCUT2D eigenvalue weighted by molar-refractivity contribution is -0.384. The largest absolute Gasteiger partial charge is 0.497 e. The number of furan rings is 1. The molecule has 0 unspecified atom stereocenters. The monoisotopic (exact) mass is 432 g/mol. The summed E-state index contributed by atoms with van der Waals surface area (Å²) in [4.78, 5) is 31.8. The minimum Gasteiger partial charge on any atom is -0.497 e. The summed E-state index contributed by atoms with van der Waals surface area (Å²) in [5.41, 5.74) is 2.12. The van der Waals surface area contributed by atoms with Crippen LogP contribution in [-0.2, 0) is 0 Å². The predicted molar refractivity (Wildman–Crippen MR) is 119 cm³/mol. The molecule has 2 aromatic carbocycles. The molecule has 0 saturated carbocycles. The van der Waals surface area contributed by atoms with Crippen LogP contribution in [0.15, 0.2) is 59.0 Å². The third-order valence-corrected chi connectivity index (χ3v) is 5.71. The molecule has 1 aliphatic rings. The zero-order valence-corrected chi connectivity index (χ0v) is 17.4.